The summed E-state index contributed by atoms with van der Waals surface area (Å²) in [6.07, 6.45) is -7.35. The van der Waals surface area contributed by atoms with Crippen molar-refractivity contribution in [1.29, 1.82) is 0 Å². The van der Waals surface area contributed by atoms with E-state index in [0.717, 1.165) is 12.4 Å². The maximum Gasteiger partial charge on any atom is 0.422 e. The number of nitrogens with one attached hydrogen (secondary N) is 1. The van der Waals surface area contributed by atoms with E-state index in [1.54, 1.807) is 9.80 Å². The van der Waals surface area contributed by atoms with Gasteiger partial charge in [0.15, 0.2) is 0 Å². The maximum absolute atomic E-state index is 13.3. The summed E-state index contributed by atoms with van der Waals surface area (Å²) in [5, 5.41) is 5.83. The number of fused-ring (bicyclic) bond motifs is 1. The average Bonchev–Trinajstić information content (AvgIpc) is 3.20. The fraction of sp³-hybridized carbons (Fsp3) is 0.571. The van der Waals surface area contributed by atoms with Crippen molar-refractivity contribution in [1.82, 2.24) is 30.0 Å². The van der Waals surface area contributed by atoms with Gasteiger partial charge in [-0.15, -0.1) is 0 Å². The maximum atomic E-state index is 13.3. The zero-order valence-corrected chi connectivity index (χ0v) is 18.7. The van der Waals surface area contributed by atoms with Gasteiger partial charge in [0.25, 0.3) is 5.56 Å². The highest BCUT2D eigenvalue weighted by atomic mass is 19.4. The number of likely N-dealkylation sites (tertiary alicyclic amines) is 1. The Morgan fingerprint density at radius 2 is 1.61 bits per heavy atom. The quantitative estimate of drug-likeness (QED) is 0.621. The molecule has 1 amide bonds. The fourth-order valence-electron chi connectivity index (χ4n) is 5.04. The van der Waals surface area contributed by atoms with Crippen LogP contribution in [0, 0.1) is 5.92 Å². The first-order valence-corrected chi connectivity index (χ1v) is 11.3. The first-order chi connectivity index (χ1) is 16.9. The van der Waals surface area contributed by atoms with Gasteiger partial charge < -0.3 is 9.80 Å². The van der Waals surface area contributed by atoms with Gasteiger partial charge in [0.2, 0.25) is 11.9 Å². The van der Waals surface area contributed by atoms with Crippen LogP contribution < -0.4 is 10.5 Å². The van der Waals surface area contributed by atoms with Gasteiger partial charge in [0, 0.05) is 51.7 Å². The van der Waals surface area contributed by atoms with Gasteiger partial charge >= 0.3 is 12.4 Å². The lowest BCUT2D eigenvalue weighted by Gasteiger charge is -2.45. The molecule has 2 aliphatic heterocycles. The normalized spacial score (nSPS) is 21.4. The molecule has 1 atom stereocenters. The number of aromatic amines is 1. The molecule has 0 spiro atoms. The summed E-state index contributed by atoms with van der Waals surface area (Å²) in [7, 11) is 0. The largest absolute Gasteiger partial charge is 0.422 e. The van der Waals surface area contributed by atoms with E-state index in [1.165, 1.54) is 0 Å². The molecule has 3 aliphatic rings. The van der Waals surface area contributed by atoms with E-state index < -0.39 is 35.1 Å². The second-order valence-electron chi connectivity index (χ2n) is 9.08. The molecule has 0 unspecified atom stereocenters. The van der Waals surface area contributed by atoms with E-state index in [0.29, 0.717) is 45.7 Å². The van der Waals surface area contributed by atoms with Crippen molar-refractivity contribution in [2.75, 3.05) is 44.2 Å². The molecule has 15 heteroatoms. The number of aromatic nitrogens is 4. The third-order valence-electron chi connectivity index (χ3n) is 6.92. The van der Waals surface area contributed by atoms with Gasteiger partial charge in [-0.3, -0.25) is 14.5 Å². The fourth-order valence-corrected chi connectivity index (χ4v) is 5.04. The smallest absolute Gasteiger partial charge is 0.339 e. The van der Waals surface area contributed by atoms with Crippen molar-refractivity contribution < 1.29 is 31.1 Å². The summed E-state index contributed by atoms with van der Waals surface area (Å²) in [4.78, 5) is 37.5. The van der Waals surface area contributed by atoms with E-state index in [-0.39, 0.29) is 35.5 Å². The molecule has 2 saturated heterocycles. The Balaban J connectivity index is 1.16. The highest BCUT2D eigenvalue weighted by Crippen LogP contribution is 2.42. The second-order valence-corrected chi connectivity index (χ2v) is 9.08. The molecule has 1 aliphatic carbocycles. The van der Waals surface area contributed by atoms with Crippen LogP contribution in [0.4, 0.5) is 32.3 Å². The summed E-state index contributed by atoms with van der Waals surface area (Å²) in [6.45, 7) is 2.16. The summed E-state index contributed by atoms with van der Waals surface area (Å²) in [5.74, 6) is -0.232. The Labute approximate surface area is 200 Å². The average molecular weight is 517 g/mol. The summed E-state index contributed by atoms with van der Waals surface area (Å²) in [5.41, 5.74) is -3.25. The number of rotatable bonds is 3. The molecule has 1 N–H and O–H groups in total. The van der Waals surface area contributed by atoms with Crippen molar-refractivity contribution in [2.24, 2.45) is 5.92 Å². The Hall–Kier alpha value is -3.23. The lowest BCUT2D eigenvalue weighted by molar-refractivity contribution is -0.143. The number of anilines is 1. The number of piperazine rings is 1. The Morgan fingerprint density at radius 1 is 0.972 bits per heavy atom. The number of hydrogen-bond acceptors (Lipinski definition) is 7. The minimum absolute atomic E-state index is 0.0763. The van der Waals surface area contributed by atoms with Gasteiger partial charge in [0.1, 0.15) is 5.56 Å². The number of carbonyl (C=O) groups is 1. The van der Waals surface area contributed by atoms with Crippen LogP contribution in [0.3, 0.4) is 0 Å². The standard InChI is InChI=1S/C21H21F6N7O2/c22-20(23,24)12-7-28-19(29-8-12)33-5-3-32(4-6-33)18(36)11-9-34(10-11)14-2-1-13-15(21(25,26)27)17(35)31-30-16(13)14/h7-8,11,14H,1-6,9-10H2,(H,31,35)/t14-/m1/s1. The predicted octanol–water partition coefficient (Wildman–Crippen LogP) is 1.87. The van der Waals surface area contributed by atoms with Crippen LogP contribution in [0.1, 0.15) is 34.8 Å². The number of H-pyrrole nitrogens is 1. The molecule has 4 heterocycles. The molecule has 36 heavy (non-hydrogen) atoms. The van der Waals surface area contributed by atoms with Crippen LogP contribution in [-0.2, 0) is 23.6 Å². The summed E-state index contributed by atoms with van der Waals surface area (Å²) < 4.78 is 78.1. The zero-order chi connectivity index (χ0) is 25.8. The molecule has 0 bridgehead atoms. The van der Waals surface area contributed by atoms with Crippen molar-refractivity contribution in [3.05, 3.63) is 45.1 Å². The lowest BCUT2D eigenvalue weighted by atomic mass is 9.94. The predicted molar refractivity (Wildman–Crippen MR) is 112 cm³/mol. The van der Waals surface area contributed by atoms with Crippen LogP contribution in [-0.4, -0.2) is 75.1 Å². The van der Waals surface area contributed by atoms with Crippen molar-refractivity contribution in [3.63, 3.8) is 0 Å². The van der Waals surface area contributed by atoms with Crippen LogP contribution in [0.15, 0.2) is 17.2 Å². The minimum Gasteiger partial charge on any atom is -0.339 e. The van der Waals surface area contributed by atoms with Crippen molar-refractivity contribution in [2.45, 2.75) is 31.2 Å². The van der Waals surface area contributed by atoms with Crippen LogP contribution in [0.2, 0.25) is 0 Å². The molecule has 2 aromatic heterocycles. The van der Waals surface area contributed by atoms with Gasteiger partial charge in [-0.25, -0.2) is 15.1 Å². The molecule has 0 radical (unpaired) electrons. The van der Waals surface area contributed by atoms with Crippen LogP contribution in [0.25, 0.3) is 0 Å². The molecule has 0 saturated carbocycles. The van der Waals surface area contributed by atoms with E-state index in [4.69, 9.17) is 0 Å². The molecule has 2 fully saturated rings. The first-order valence-electron chi connectivity index (χ1n) is 11.3. The SMILES string of the molecule is O=C(C1CN([C@@H]2CCc3c2n[nH]c(=O)c3C(F)(F)F)C1)N1CCN(c2ncc(C(F)(F)F)cn2)CC1. The highest BCUT2D eigenvalue weighted by molar-refractivity contribution is 5.80. The van der Waals surface area contributed by atoms with Crippen LogP contribution in [0.5, 0.6) is 0 Å². The zero-order valence-electron chi connectivity index (χ0n) is 18.7. The summed E-state index contributed by atoms with van der Waals surface area (Å²) >= 11 is 0. The monoisotopic (exact) mass is 517 g/mol. The van der Waals surface area contributed by atoms with Gasteiger partial charge in [-0.2, -0.15) is 31.4 Å². The first kappa shape index (κ1) is 24.5. The van der Waals surface area contributed by atoms with E-state index in [9.17, 15) is 35.9 Å². The number of nitrogens with zero attached hydrogens (tertiary/aromatic N) is 6. The highest BCUT2D eigenvalue weighted by Gasteiger charge is 2.46. The van der Waals surface area contributed by atoms with E-state index in [2.05, 4.69) is 15.1 Å². The van der Waals surface area contributed by atoms with Gasteiger partial charge in [0.05, 0.1) is 23.2 Å². The molecular formula is C21H21F6N7O2. The molecule has 2 aromatic rings. The van der Waals surface area contributed by atoms with Gasteiger partial charge in [-0.1, -0.05) is 0 Å². The second kappa shape index (κ2) is 8.71. The van der Waals surface area contributed by atoms with E-state index >= 15 is 0 Å². The Morgan fingerprint density at radius 3 is 2.19 bits per heavy atom. The Kier molecular flexibility index (Phi) is 5.92. The van der Waals surface area contributed by atoms with E-state index in [1.807, 2.05) is 10.00 Å². The molecule has 0 aromatic carbocycles. The van der Waals surface area contributed by atoms with Crippen molar-refractivity contribution >= 4 is 11.9 Å². The number of amides is 1. The number of halogens is 6. The third kappa shape index (κ3) is 4.40. The van der Waals surface area contributed by atoms with Gasteiger partial charge in [-0.05, 0) is 18.4 Å². The summed E-state index contributed by atoms with van der Waals surface area (Å²) in [6, 6.07) is -0.393. The lowest BCUT2D eigenvalue weighted by Crippen LogP contribution is -2.58. The minimum atomic E-state index is -4.77. The molecule has 9 nitrogen and oxygen atoms in total. The molecule has 5 rings (SSSR count). The van der Waals surface area contributed by atoms with Crippen LogP contribution >= 0.6 is 0 Å². The molecular weight excluding hydrogens is 496 g/mol. The Bertz CT molecular complexity index is 1200. The third-order valence-corrected chi connectivity index (χ3v) is 6.92. The number of alkyl halides is 6. The van der Waals surface area contributed by atoms with Crippen molar-refractivity contribution in [3.8, 4) is 0 Å². The topological polar surface area (TPSA) is 98.3 Å². The molecule has 194 valence electrons. The number of carbonyl (C=O) groups excluding carboxylic acids is 1. The number of hydrogen-bond donors (Lipinski definition) is 1.